The molecule has 0 saturated heterocycles. The highest BCUT2D eigenvalue weighted by Crippen LogP contribution is 2.20. The molecule has 2 aromatic rings. The maximum atomic E-state index is 13.2. The average Bonchev–Trinajstić information content (AvgIpc) is 2.48. The minimum absolute atomic E-state index is 0.124. The second kappa shape index (κ2) is 7.13. The molecule has 0 amide bonds. The molecule has 0 bridgehead atoms. The largest absolute Gasteiger partial charge is 0.496 e. The van der Waals surface area contributed by atoms with Crippen LogP contribution in [-0.4, -0.2) is 22.9 Å². The van der Waals surface area contributed by atoms with E-state index >= 15 is 0 Å². The van der Waals surface area contributed by atoms with Crippen molar-refractivity contribution in [1.82, 2.24) is 0 Å². The van der Waals surface area contributed by atoms with Crippen molar-refractivity contribution < 1.29 is 18.1 Å². The first-order chi connectivity index (χ1) is 10.1. The molecule has 0 fully saturated rings. The zero-order valence-electron chi connectivity index (χ0n) is 11.5. The van der Waals surface area contributed by atoms with Crippen molar-refractivity contribution >= 4 is 16.6 Å². The lowest BCUT2D eigenvalue weighted by Gasteiger charge is -2.08. The first-order valence-corrected chi connectivity index (χ1v) is 7.84. The monoisotopic (exact) mass is 306 g/mol. The second-order valence-electron chi connectivity index (χ2n) is 4.48. The van der Waals surface area contributed by atoms with Crippen LogP contribution >= 0.6 is 0 Å². The Morgan fingerprint density at radius 3 is 2.57 bits per heavy atom. The molecular weight excluding hydrogens is 291 g/mol. The van der Waals surface area contributed by atoms with Gasteiger partial charge in [-0.25, -0.2) is 4.39 Å². The molecule has 0 aliphatic rings. The van der Waals surface area contributed by atoms with Crippen LogP contribution in [0, 0.1) is 5.82 Å². The zero-order chi connectivity index (χ0) is 15.2. The molecule has 0 aliphatic heterocycles. The standard InChI is InChI=1S/C16H15FO3S/c1-20-16-8-7-13(17)9-14(16)15(18)11-21(19)10-12-5-3-2-4-6-12/h2-9H,10-11H2,1H3. The summed E-state index contributed by atoms with van der Waals surface area (Å²) in [7, 11) is 0.0617. The van der Waals surface area contributed by atoms with Gasteiger partial charge in [0.1, 0.15) is 11.6 Å². The molecule has 2 aromatic carbocycles. The van der Waals surface area contributed by atoms with Gasteiger partial charge in [0.15, 0.2) is 5.78 Å². The lowest BCUT2D eigenvalue weighted by Crippen LogP contribution is -2.13. The molecule has 21 heavy (non-hydrogen) atoms. The van der Waals surface area contributed by atoms with Gasteiger partial charge >= 0.3 is 0 Å². The van der Waals surface area contributed by atoms with E-state index in [0.717, 1.165) is 11.6 Å². The van der Waals surface area contributed by atoms with Crippen molar-refractivity contribution in [1.29, 1.82) is 0 Å². The van der Waals surface area contributed by atoms with E-state index in [4.69, 9.17) is 4.74 Å². The van der Waals surface area contributed by atoms with Gasteiger partial charge in [-0.15, -0.1) is 0 Å². The maximum Gasteiger partial charge on any atom is 0.179 e. The lowest BCUT2D eigenvalue weighted by atomic mass is 10.1. The third-order valence-corrected chi connectivity index (χ3v) is 4.16. The Morgan fingerprint density at radius 2 is 1.90 bits per heavy atom. The van der Waals surface area contributed by atoms with Crippen molar-refractivity contribution in [3.05, 3.63) is 65.5 Å². The van der Waals surface area contributed by atoms with E-state index in [1.165, 1.54) is 19.2 Å². The van der Waals surface area contributed by atoms with Gasteiger partial charge in [-0.3, -0.25) is 9.00 Å². The molecule has 0 heterocycles. The number of methoxy groups -OCH3 is 1. The third-order valence-electron chi connectivity index (χ3n) is 2.92. The number of ketones is 1. The summed E-state index contributed by atoms with van der Waals surface area (Å²) in [5, 5.41) is 0. The number of hydrogen-bond acceptors (Lipinski definition) is 3. The van der Waals surface area contributed by atoms with Gasteiger partial charge in [0.05, 0.1) is 18.4 Å². The van der Waals surface area contributed by atoms with Crippen molar-refractivity contribution in [2.45, 2.75) is 5.75 Å². The Kier molecular flexibility index (Phi) is 5.22. The fourth-order valence-electron chi connectivity index (χ4n) is 1.93. The van der Waals surface area contributed by atoms with Crippen molar-refractivity contribution in [3.8, 4) is 5.75 Å². The molecule has 3 nitrogen and oxygen atoms in total. The summed E-state index contributed by atoms with van der Waals surface area (Å²) in [5.74, 6) is -0.481. The molecule has 2 rings (SSSR count). The van der Waals surface area contributed by atoms with Gasteiger partial charge in [-0.05, 0) is 23.8 Å². The van der Waals surface area contributed by atoms with Gasteiger partial charge in [-0.1, -0.05) is 30.3 Å². The van der Waals surface area contributed by atoms with E-state index in [1.54, 1.807) is 0 Å². The third kappa shape index (κ3) is 4.23. The highest BCUT2D eigenvalue weighted by atomic mass is 32.2. The SMILES string of the molecule is COc1ccc(F)cc1C(=O)CS(=O)Cc1ccccc1. The first-order valence-electron chi connectivity index (χ1n) is 6.36. The smallest absolute Gasteiger partial charge is 0.179 e. The van der Waals surface area contributed by atoms with Crippen LogP contribution in [0.4, 0.5) is 4.39 Å². The number of Topliss-reactive ketones (excluding diaryl/α,β-unsaturated/α-hetero) is 1. The van der Waals surface area contributed by atoms with Gasteiger partial charge in [0.2, 0.25) is 0 Å². The Hall–Kier alpha value is -2.01. The van der Waals surface area contributed by atoms with Crippen molar-refractivity contribution in [3.63, 3.8) is 0 Å². The van der Waals surface area contributed by atoms with Crippen LogP contribution in [0.2, 0.25) is 0 Å². The Labute approximate surface area is 125 Å². The molecule has 110 valence electrons. The van der Waals surface area contributed by atoms with Gasteiger partial charge < -0.3 is 4.74 Å². The molecule has 1 atom stereocenters. The zero-order valence-corrected chi connectivity index (χ0v) is 12.4. The van der Waals surface area contributed by atoms with Crippen molar-refractivity contribution in [2.24, 2.45) is 0 Å². The molecule has 0 spiro atoms. The highest BCUT2D eigenvalue weighted by molar-refractivity contribution is 7.85. The topological polar surface area (TPSA) is 43.4 Å². The van der Waals surface area contributed by atoms with Crippen LogP contribution < -0.4 is 4.74 Å². The summed E-state index contributed by atoms with van der Waals surface area (Å²) in [6.45, 7) is 0. The molecular formula is C16H15FO3S. The summed E-state index contributed by atoms with van der Waals surface area (Å²) >= 11 is 0. The average molecular weight is 306 g/mol. The predicted molar refractivity (Wildman–Crippen MR) is 80.4 cm³/mol. The summed E-state index contributed by atoms with van der Waals surface area (Å²) in [6, 6.07) is 13.0. The quantitative estimate of drug-likeness (QED) is 0.771. The molecule has 0 aromatic heterocycles. The van der Waals surface area contributed by atoms with Crippen LogP contribution in [0.3, 0.4) is 0 Å². The van der Waals surface area contributed by atoms with Crippen LogP contribution in [0.5, 0.6) is 5.75 Å². The molecule has 0 saturated carbocycles. The summed E-state index contributed by atoms with van der Waals surface area (Å²) in [4.78, 5) is 12.1. The summed E-state index contributed by atoms with van der Waals surface area (Å²) in [5.41, 5.74) is 1.02. The Balaban J connectivity index is 2.07. The van der Waals surface area contributed by atoms with Gasteiger partial charge in [0, 0.05) is 16.6 Å². The predicted octanol–water partition coefficient (Wildman–Crippen LogP) is 2.97. The highest BCUT2D eigenvalue weighted by Gasteiger charge is 2.16. The molecule has 0 radical (unpaired) electrons. The number of rotatable bonds is 6. The number of halogens is 1. The van der Waals surface area contributed by atoms with E-state index < -0.39 is 16.6 Å². The fourth-order valence-corrected chi connectivity index (χ4v) is 3.05. The number of benzene rings is 2. The minimum atomic E-state index is -1.35. The number of carbonyl (C=O) groups excluding carboxylic acids is 1. The summed E-state index contributed by atoms with van der Waals surface area (Å²) in [6.07, 6.45) is 0. The number of carbonyl (C=O) groups is 1. The maximum absolute atomic E-state index is 13.2. The Morgan fingerprint density at radius 1 is 1.19 bits per heavy atom. The van der Waals surface area contributed by atoms with E-state index in [9.17, 15) is 13.4 Å². The van der Waals surface area contributed by atoms with E-state index in [-0.39, 0.29) is 22.8 Å². The van der Waals surface area contributed by atoms with Crippen LogP contribution in [0.15, 0.2) is 48.5 Å². The molecule has 0 aliphatic carbocycles. The van der Waals surface area contributed by atoms with E-state index in [2.05, 4.69) is 0 Å². The van der Waals surface area contributed by atoms with Crippen LogP contribution in [0.1, 0.15) is 15.9 Å². The molecule has 0 N–H and O–H groups in total. The van der Waals surface area contributed by atoms with E-state index in [1.807, 2.05) is 30.3 Å². The number of ether oxygens (including phenoxy) is 1. The van der Waals surface area contributed by atoms with Crippen LogP contribution in [-0.2, 0) is 16.6 Å². The first kappa shape index (κ1) is 15.4. The second-order valence-corrected chi connectivity index (χ2v) is 5.94. The molecule has 1 unspecified atom stereocenters. The van der Waals surface area contributed by atoms with Crippen molar-refractivity contribution in [2.75, 3.05) is 12.9 Å². The normalized spacial score (nSPS) is 11.9. The van der Waals surface area contributed by atoms with Gasteiger partial charge in [0.25, 0.3) is 0 Å². The summed E-state index contributed by atoms with van der Waals surface area (Å²) < 4.78 is 30.3. The van der Waals surface area contributed by atoms with Crippen LogP contribution in [0.25, 0.3) is 0 Å². The van der Waals surface area contributed by atoms with E-state index in [0.29, 0.717) is 5.75 Å². The minimum Gasteiger partial charge on any atom is -0.496 e. The molecule has 5 heteroatoms. The Bertz CT molecular complexity index is 656. The number of hydrogen-bond donors (Lipinski definition) is 0. The fraction of sp³-hybridized carbons (Fsp3) is 0.188. The lowest BCUT2D eigenvalue weighted by molar-refractivity contribution is 0.101. The van der Waals surface area contributed by atoms with Gasteiger partial charge in [-0.2, -0.15) is 0 Å².